The number of fused-ring (bicyclic) bond motifs is 1. The quantitative estimate of drug-likeness (QED) is 0.701. The Kier molecular flexibility index (Phi) is 5.37. The number of benzene rings is 1. The minimum Gasteiger partial charge on any atom is -0.349 e. The van der Waals surface area contributed by atoms with Crippen LogP contribution in [0.4, 0.5) is 0 Å². The van der Waals surface area contributed by atoms with Gasteiger partial charge in [0.05, 0.1) is 12.2 Å². The van der Waals surface area contributed by atoms with Crippen LogP contribution in [0.15, 0.2) is 42.0 Å². The molecule has 0 fully saturated rings. The van der Waals surface area contributed by atoms with Gasteiger partial charge in [-0.15, -0.1) is 11.3 Å². The third-order valence-corrected chi connectivity index (χ3v) is 4.87. The Morgan fingerprint density at radius 2 is 2.12 bits per heavy atom. The van der Waals surface area contributed by atoms with Crippen molar-refractivity contribution in [2.24, 2.45) is 5.92 Å². The summed E-state index contributed by atoms with van der Waals surface area (Å²) in [4.78, 5) is 30.4. The molecule has 0 bridgehead atoms. The first-order valence-electron chi connectivity index (χ1n) is 8.50. The second-order valence-corrected chi connectivity index (χ2v) is 7.48. The average Bonchev–Trinajstić information content (AvgIpc) is 3.18. The molecule has 3 aromatic rings. The van der Waals surface area contributed by atoms with Gasteiger partial charge in [0.25, 0.3) is 5.91 Å². The molecule has 2 heterocycles. The van der Waals surface area contributed by atoms with E-state index in [9.17, 15) is 9.59 Å². The van der Waals surface area contributed by atoms with Gasteiger partial charge in [0.2, 0.25) is 5.91 Å². The third kappa shape index (κ3) is 4.11. The van der Waals surface area contributed by atoms with E-state index >= 15 is 0 Å². The minimum atomic E-state index is -0.605. The Morgan fingerprint density at radius 3 is 2.81 bits per heavy atom. The molecule has 6 nitrogen and oxygen atoms in total. The van der Waals surface area contributed by atoms with Crippen molar-refractivity contribution in [3.63, 3.8) is 0 Å². The number of amides is 2. The molecule has 136 valence electrons. The molecule has 0 aliphatic heterocycles. The first kappa shape index (κ1) is 18.1. The topological polar surface area (TPSA) is 75.5 Å². The highest BCUT2D eigenvalue weighted by Gasteiger charge is 2.24. The number of nitrogens with zero attached hydrogens (tertiary/aromatic N) is 2. The van der Waals surface area contributed by atoms with E-state index in [-0.39, 0.29) is 17.7 Å². The summed E-state index contributed by atoms with van der Waals surface area (Å²) in [7, 11) is 0. The van der Waals surface area contributed by atoms with Crippen molar-refractivity contribution in [2.75, 3.05) is 0 Å². The van der Waals surface area contributed by atoms with Gasteiger partial charge < -0.3 is 10.6 Å². The molecule has 0 saturated heterocycles. The van der Waals surface area contributed by atoms with Crippen LogP contribution in [0.5, 0.6) is 0 Å². The molecular formula is C19H22N4O2S. The summed E-state index contributed by atoms with van der Waals surface area (Å²) in [6.45, 7) is 6.08. The van der Waals surface area contributed by atoms with E-state index in [4.69, 9.17) is 0 Å². The first-order valence-corrected chi connectivity index (χ1v) is 9.38. The number of aryl methyl sites for hydroxylation is 1. The lowest BCUT2D eigenvalue weighted by Gasteiger charge is -2.21. The zero-order valence-electron chi connectivity index (χ0n) is 15.0. The van der Waals surface area contributed by atoms with Crippen LogP contribution in [0.2, 0.25) is 0 Å². The Bertz CT molecular complexity index is 900. The van der Waals surface area contributed by atoms with E-state index in [1.165, 1.54) is 0 Å². The van der Waals surface area contributed by atoms with Crippen molar-refractivity contribution in [3.05, 3.63) is 58.9 Å². The van der Waals surface area contributed by atoms with E-state index in [1.807, 2.05) is 61.1 Å². The number of hydrogen-bond acceptors (Lipinski definition) is 4. The van der Waals surface area contributed by atoms with E-state index in [2.05, 4.69) is 15.6 Å². The predicted molar refractivity (Wildman–Crippen MR) is 102 cm³/mol. The van der Waals surface area contributed by atoms with Gasteiger partial charge in [-0.05, 0) is 25.0 Å². The number of imidazole rings is 1. The van der Waals surface area contributed by atoms with Gasteiger partial charge in [0.15, 0.2) is 4.96 Å². The SMILES string of the molecule is Cc1cccc(C(=O)NC(C(=O)NCc2cn3ccsc3n2)C(C)C)c1. The standard InChI is InChI=1S/C19H22N4O2S/c1-12(2)16(22-17(24)14-6-4-5-13(3)9-14)18(25)20-10-15-11-23-7-8-26-19(23)21-15/h4-9,11-12,16H,10H2,1-3H3,(H,20,25)(H,22,24). The third-order valence-electron chi connectivity index (χ3n) is 4.10. The fourth-order valence-electron chi connectivity index (χ4n) is 2.69. The molecular weight excluding hydrogens is 348 g/mol. The number of hydrogen-bond donors (Lipinski definition) is 2. The number of carbonyl (C=O) groups is 2. The Hall–Kier alpha value is -2.67. The summed E-state index contributed by atoms with van der Waals surface area (Å²) in [5.74, 6) is -0.489. The Labute approximate surface area is 156 Å². The summed E-state index contributed by atoms with van der Waals surface area (Å²) in [5, 5.41) is 7.68. The molecule has 0 spiro atoms. The van der Waals surface area contributed by atoms with E-state index < -0.39 is 6.04 Å². The highest BCUT2D eigenvalue weighted by molar-refractivity contribution is 7.15. The number of nitrogens with one attached hydrogen (secondary N) is 2. The molecule has 2 N–H and O–H groups in total. The van der Waals surface area contributed by atoms with Gasteiger partial charge in [-0.2, -0.15) is 0 Å². The molecule has 3 rings (SSSR count). The molecule has 26 heavy (non-hydrogen) atoms. The van der Waals surface area contributed by atoms with Gasteiger partial charge in [-0.25, -0.2) is 4.98 Å². The zero-order valence-corrected chi connectivity index (χ0v) is 15.8. The molecule has 1 atom stereocenters. The molecule has 1 unspecified atom stereocenters. The second-order valence-electron chi connectivity index (χ2n) is 6.61. The molecule has 2 amide bonds. The summed E-state index contributed by atoms with van der Waals surface area (Å²) < 4.78 is 1.92. The highest BCUT2D eigenvalue weighted by Crippen LogP contribution is 2.12. The van der Waals surface area contributed by atoms with Crippen molar-refractivity contribution in [1.82, 2.24) is 20.0 Å². The second kappa shape index (κ2) is 7.70. The van der Waals surface area contributed by atoms with Crippen LogP contribution in [-0.2, 0) is 11.3 Å². The van der Waals surface area contributed by atoms with Gasteiger partial charge in [0.1, 0.15) is 6.04 Å². The molecule has 7 heteroatoms. The maximum atomic E-state index is 12.6. The van der Waals surface area contributed by atoms with Crippen molar-refractivity contribution in [2.45, 2.75) is 33.4 Å². The number of aromatic nitrogens is 2. The van der Waals surface area contributed by atoms with Crippen molar-refractivity contribution in [3.8, 4) is 0 Å². The summed E-state index contributed by atoms with van der Waals surface area (Å²) in [6.07, 6.45) is 3.82. The normalized spacial score (nSPS) is 12.3. The van der Waals surface area contributed by atoms with Gasteiger partial charge in [-0.3, -0.25) is 14.0 Å². The van der Waals surface area contributed by atoms with Gasteiger partial charge in [-0.1, -0.05) is 31.5 Å². The fraction of sp³-hybridized carbons (Fsp3) is 0.316. The first-order chi connectivity index (χ1) is 12.4. The summed E-state index contributed by atoms with van der Waals surface area (Å²) >= 11 is 1.54. The molecule has 0 radical (unpaired) electrons. The van der Waals surface area contributed by atoms with Crippen molar-refractivity contribution < 1.29 is 9.59 Å². The molecule has 0 saturated carbocycles. The highest BCUT2D eigenvalue weighted by atomic mass is 32.1. The van der Waals surface area contributed by atoms with Crippen LogP contribution in [0, 0.1) is 12.8 Å². The molecule has 1 aromatic carbocycles. The van der Waals surface area contributed by atoms with Gasteiger partial charge >= 0.3 is 0 Å². The number of carbonyl (C=O) groups excluding carboxylic acids is 2. The van der Waals surface area contributed by atoms with Crippen molar-refractivity contribution in [1.29, 1.82) is 0 Å². The molecule has 0 aliphatic rings. The maximum Gasteiger partial charge on any atom is 0.251 e. The monoisotopic (exact) mass is 370 g/mol. The minimum absolute atomic E-state index is 0.0331. The van der Waals surface area contributed by atoms with Crippen molar-refractivity contribution >= 4 is 28.1 Å². The van der Waals surface area contributed by atoms with Crippen LogP contribution >= 0.6 is 11.3 Å². The number of rotatable bonds is 6. The lowest BCUT2D eigenvalue weighted by Crippen LogP contribution is -2.49. The average molecular weight is 370 g/mol. The van der Waals surface area contributed by atoms with Crippen LogP contribution < -0.4 is 10.6 Å². The zero-order chi connectivity index (χ0) is 18.7. The smallest absolute Gasteiger partial charge is 0.251 e. The van der Waals surface area contributed by atoms with Crippen LogP contribution in [0.3, 0.4) is 0 Å². The van der Waals surface area contributed by atoms with Crippen LogP contribution in [-0.4, -0.2) is 27.2 Å². The number of thiazole rings is 1. The van der Waals surface area contributed by atoms with Gasteiger partial charge in [0, 0.05) is 23.3 Å². The Morgan fingerprint density at radius 1 is 1.31 bits per heavy atom. The van der Waals surface area contributed by atoms with Crippen LogP contribution in [0.1, 0.15) is 35.5 Å². The lowest BCUT2D eigenvalue weighted by molar-refractivity contribution is -0.124. The fourth-order valence-corrected chi connectivity index (χ4v) is 3.41. The van der Waals surface area contributed by atoms with E-state index in [0.29, 0.717) is 12.1 Å². The maximum absolute atomic E-state index is 12.6. The molecule has 0 aliphatic carbocycles. The predicted octanol–water partition coefficient (Wildman–Crippen LogP) is 2.78. The van der Waals surface area contributed by atoms with E-state index in [0.717, 1.165) is 16.2 Å². The lowest BCUT2D eigenvalue weighted by atomic mass is 10.0. The Balaban J connectivity index is 1.63. The summed E-state index contributed by atoms with van der Waals surface area (Å²) in [5.41, 5.74) is 2.35. The van der Waals surface area contributed by atoms with E-state index in [1.54, 1.807) is 17.4 Å². The van der Waals surface area contributed by atoms with Crippen LogP contribution in [0.25, 0.3) is 4.96 Å². The molecule has 2 aromatic heterocycles. The largest absolute Gasteiger partial charge is 0.349 e. The summed E-state index contributed by atoms with van der Waals surface area (Å²) in [6, 6.07) is 6.71.